The maximum absolute atomic E-state index is 12.2. The van der Waals surface area contributed by atoms with Crippen LogP contribution in [0.2, 0.25) is 0 Å². The van der Waals surface area contributed by atoms with E-state index in [9.17, 15) is 4.79 Å². The molecule has 0 aliphatic heterocycles. The van der Waals surface area contributed by atoms with Crippen LogP contribution in [0.5, 0.6) is 5.75 Å². The van der Waals surface area contributed by atoms with Crippen molar-refractivity contribution in [2.24, 2.45) is 0 Å². The molecule has 0 fully saturated rings. The van der Waals surface area contributed by atoms with Crippen molar-refractivity contribution in [3.63, 3.8) is 0 Å². The Morgan fingerprint density at radius 2 is 1.85 bits per heavy atom. The molecular formula is C22H24N2O2S. The maximum Gasteiger partial charge on any atom is 0.226 e. The van der Waals surface area contributed by atoms with Crippen molar-refractivity contribution in [1.82, 2.24) is 4.98 Å². The summed E-state index contributed by atoms with van der Waals surface area (Å²) in [6, 6.07) is 16.1. The minimum atomic E-state index is -0.0141. The van der Waals surface area contributed by atoms with Gasteiger partial charge in [0.2, 0.25) is 5.91 Å². The number of aryl methyl sites for hydroxylation is 2. The molecule has 0 bridgehead atoms. The van der Waals surface area contributed by atoms with Gasteiger partial charge in [-0.3, -0.25) is 4.79 Å². The van der Waals surface area contributed by atoms with Gasteiger partial charge in [-0.05, 0) is 49.6 Å². The lowest BCUT2D eigenvalue weighted by Crippen LogP contribution is -2.12. The number of benzene rings is 2. The van der Waals surface area contributed by atoms with Gasteiger partial charge in [0.15, 0.2) is 5.13 Å². The molecule has 1 amide bonds. The minimum absolute atomic E-state index is 0.0141. The Bertz CT molecular complexity index is 870. The lowest BCUT2D eigenvalue weighted by Gasteiger charge is -2.05. The number of carbonyl (C=O) groups excluding carboxylic acids is 1. The Labute approximate surface area is 164 Å². The monoisotopic (exact) mass is 380 g/mol. The molecule has 1 aromatic heterocycles. The Balaban J connectivity index is 1.54. The molecule has 3 aromatic rings. The molecule has 0 atom stereocenters. The van der Waals surface area contributed by atoms with Crippen molar-refractivity contribution < 1.29 is 9.53 Å². The van der Waals surface area contributed by atoms with E-state index >= 15 is 0 Å². The Morgan fingerprint density at radius 1 is 1.11 bits per heavy atom. The van der Waals surface area contributed by atoms with Crippen molar-refractivity contribution in [3.8, 4) is 17.0 Å². The molecular weight excluding hydrogens is 356 g/mol. The van der Waals surface area contributed by atoms with E-state index in [0.29, 0.717) is 11.6 Å². The molecule has 2 aromatic carbocycles. The average molecular weight is 381 g/mol. The lowest BCUT2D eigenvalue weighted by molar-refractivity contribution is -0.116. The Morgan fingerprint density at radius 3 is 2.56 bits per heavy atom. The minimum Gasteiger partial charge on any atom is -0.494 e. The van der Waals surface area contributed by atoms with Crippen molar-refractivity contribution in [2.75, 3.05) is 11.9 Å². The van der Waals surface area contributed by atoms with Crippen LogP contribution in [-0.2, 0) is 11.2 Å². The summed E-state index contributed by atoms with van der Waals surface area (Å²) in [6.45, 7) is 4.86. The zero-order valence-corrected chi connectivity index (χ0v) is 16.5. The van der Waals surface area contributed by atoms with E-state index in [1.165, 1.54) is 22.5 Å². The lowest BCUT2D eigenvalue weighted by atomic mass is 10.1. The number of aromatic nitrogens is 1. The fraction of sp³-hybridized carbons (Fsp3) is 0.273. The number of carbonyl (C=O) groups is 1. The largest absolute Gasteiger partial charge is 0.494 e. The van der Waals surface area contributed by atoms with Crippen LogP contribution in [0.4, 0.5) is 5.13 Å². The van der Waals surface area contributed by atoms with Gasteiger partial charge in [-0.15, -0.1) is 11.3 Å². The molecule has 0 unspecified atom stereocenters. The zero-order chi connectivity index (χ0) is 19.1. The number of nitrogens with zero attached hydrogens (tertiary/aromatic N) is 1. The summed E-state index contributed by atoms with van der Waals surface area (Å²) in [7, 11) is 0. The summed E-state index contributed by atoms with van der Waals surface area (Å²) in [5.74, 6) is 0.847. The molecule has 1 N–H and O–H groups in total. The summed E-state index contributed by atoms with van der Waals surface area (Å²) in [4.78, 5) is 16.7. The van der Waals surface area contributed by atoms with Gasteiger partial charge in [0.1, 0.15) is 5.75 Å². The topological polar surface area (TPSA) is 51.2 Å². The van der Waals surface area contributed by atoms with Gasteiger partial charge in [0, 0.05) is 17.4 Å². The number of hydrogen-bond donors (Lipinski definition) is 1. The molecule has 0 radical (unpaired) electrons. The van der Waals surface area contributed by atoms with Gasteiger partial charge < -0.3 is 10.1 Å². The fourth-order valence-electron chi connectivity index (χ4n) is 2.60. The summed E-state index contributed by atoms with van der Waals surface area (Å²) >= 11 is 1.44. The van der Waals surface area contributed by atoms with Gasteiger partial charge in [0.05, 0.1) is 12.3 Å². The fourth-order valence-corrected chi connectivity index (χ4v) is 3.34. The quantitative estimate of drug-likeness (QED) is 0.563. The van der Waals surface area contributed by atoms with Crippen LogP contribution in [0, 0.1) is 6.92 Å². The van der Waals surface area contributed by atoms with Crippen LogP contribution < -0.4 is 10.1 Å². The third kappa shape index (κ3) is 5.66. The predicted octanol–water partition coefficient (Wildman–Crippen LogP) is 5.48. The molecule has 0 spiro atoms. The van der Waals surface area contributed by atoms with Crippen LogP contribution in [0.3, 0.4) is 0 Å². The molecule has 0 aliphatic carbocycles. The highest BCUT2D eigenvalue weighted by Gasteiger charge is 2.09. The number of ether oxygens (including phenoxy) is 1. The van der Waals surface area contributed by atoms with Crippen LogP contribution in [0.25, 0.3) is 11.3 Å². The first-order chi connectivity index (χ1) is 13.1. The molecule has 27 heavy (non-hydrogen) atoms. The molecule has 0 saturated carbocycles. The molecule has 4 nitrogen and oxygen atoms in total. The number of anilines is 1. The summed E-state index contributed by atoms with van der Waals surface area (Å²) in [6.07, 6.45) is 2.16. The number of nitrogens with one attached hydrogen (secondary N) is 1. The molecule has 140 valence electrons. The second-order valence-corrected chi connectivity index (χ2v) is 7.30. The van der Waals surface area contributed by atoms with Gasteiger partial charge in [-0.2, -0.15) is 0 Å². The standard InChI is InChI=1S/C22H24N2O2S/c1-3-14-26-19-11-9-18(10-12-19)20-15-27-22(23-20)24-21(25)13-8-17-6-4-16(2)5-7-17/h4-7,9-12,15H,3,8,13-14H2,1-2H3,(H,23,24,25). The zero-order valence-electron chi connectivity index (χ0n) is 15.7. The first-order valence-corrected chi connectivity index (χ1v) is 10.1. The van der Waals surface area contributed by atoms with Crippen LogP contribution in [0.1, 0.15) is 30.9 Å². The van der Waals surface area contributed by atoms with Crippen molar-refractivity contribution in [1.29, 1.82) is 0 Å². The normalized spacial score (nSPS) is 10.6. The van der Waals surface area contributed by atoms with Crippen molar-refractivity contribution >= 4 is 22.4 Å². The number of amides is 1. The Kier molecular flexibility index (Phi) is 6.60. The molecule has 3 rings (SSSR count). The van der Waals surface area contributed by atoms with Crippen LogP contribution in [-0.4, -0.2) is 17.5 Å². The highest BCUT2D eigenvalue weighted by Crippen LogP contribution is 2.26. The van der Waals surface area contributed by atoms with E-state index in [4.69, 9.17) is 4.74 Å². The molecule has 0 aliphatic rings. The third-order valence-electron chi connectivity index (χ3n) is 4.13. The summed E-state index contributed by atoms with van der Waals surface area (Å²) < 4.78 is 5.60. The smallest absolute Gasteiger partial charge is 0.226 e. The Hall–Kier alpha value is -2.66. The summed E-state index contributed by atoms with van der Waals surface area (Å²) in [5.41, 5.74) is 4.26. The molecule has 5 heteroatoms. The maximum atomic E-state index is 12.2. The van der Waals surface area contributed by atoms with Crippen molar-refractivity contribution in [3.05, 3.63) is 65.0 Å². The van der Waals surface area contributed by atoms with Crippen LogP contribution in [0.15, 0.2) is 53.9 Å². The van der Waals surface area contributed by atoms with Gasteiger partial charge in [-0.1, -0.05) is 36.8 Å². The van der Waals surface area contributed by atoms with Gasteiger partial charge >= 0.3 is 0 Å². The van der Waals surface area contributed by atoms with Gasteiger partial charge in [0.25, 0.3) is 0 Å². The van der Waals surface area contributed by atoms with Crippen molar-refractivity contribution in [2.45, 2.75) is 33.1 Å². The van der Waals surface area contributed by atoms with E-state index in [2.05, 4.69) is 48.4 Å². The van der Waals surface area contributed by atoms with E-state index in [0.717, 1.165) is 36.5 Å². The third-order valence-corrected chi connectivity index (χ3v) is 4.89. The molecule has 1 heterocycles. The first kappa shape index (κ1) is 19.1. The second-order valence-electron chi connectivity index (χ2n) is 6.44. The molecule has 0 saturated heterocycles. The highest BCUT2D eigenvalue weighted by molar-refractivity contribution is 7.14. The van der Waals surface area contributed by atoms with Crippen LogP contribution >= 0.6 is 11.3 Å². The highest BCUT2D eigenvalue weighted by atomic mass is 32.1. The van der Waals surface area contributed by atoms with E-state index in [1.54, 1.807) is 0 Å². The number of thiazole rings is 1. The average Bonchev–Trinajstić information content (AvgIpc) is 3.14. The predicted molar refractivity (Wildman–Crippen MR) is 111 cm³/mol. The van der Waals surface area contributed by atoms with Gasteiger partial charge in [-0.25, -0.2) is 4.98 Å². The number of hydrogen-bond acceptors (Lipinski definition) is 4. The summed E-state index contributed by atoms with van der Waals surface area (Å²) in [5, 5.41) is 5.48. The number of rotatable bonds is 8. The van der Waals surface area contributed by atoms with E-state index in [1.807, 2.05) is 29.6 Å². The SMILES string of the molecule is CCCOc1ccc(-c2csc(NC(=O)CCc3ccc(C)cc3)n2)cc1. The first-order valence-electron chi connectivity index (χ1n) is 9.18. The van der Waals surface area contributed by atoms with E-state index < -0.39 is 0 Å². The van der Waals surface area contributed by atoms with E-state index in [-0.39, 0.29) is 5.91 Å². The second kappa shape index (κ2) is 9.33.